The van der Waals surface area contributed by atoms with Crippen molar-refractivity contribution in [2.24, 2.45) is 0 Å². The molecule has 1 saturated heterocycles. The maximum atomic E-state index is 12.6. The molecular formula is C14H17Cl2F3N2. The van der Waals surface area contributed by atoms with Crippen LogP contribution in [0.3, 0.4) is 0 Å². The summed E-state index contributed by atoms with van der Waals surface area (Å²) in [7, 11) is 0. The number of piperazine rings is 1. The molecule has 1 aliphatic heterocycles. The molecule has 2 nitrogen and oxygen atoms in total. The fourth-order valence-electron chi connectivity index (χ4n) is 2.57. The van der Waals surface area contributed by atoms with E-state index in [1.807, 2.05) is 0 Å². The minimum absolute atomic E-state index is 0.0292. The largest absolute Gasteiger partial charge is 0.389 e. The number of hydrogen-bond acceptors (Lipinski definition) is 2. The zero-order valence-electron chi connectivity index (χ0n) is 11.4. The van der Waals surface area contributed by atoms with Gasteiger partial charge in [-0.3, -0.25) is 4.90 Å². The lowest BCUT2D eigenvalue weighted by molar-refractivity contribution is -0.138. The van der Waals surface area contributed by atoms with E-state index in [4.69, 9.17) is 23.2 Å². The van der Waals surface area contributed by atoms with Gasteiger partial charge in [-0.1, -0.05) is 29.3 Å². The van der Waals surface area contributed by atoms with Crippen LogP contribution in [0.4, 0.5) is 13.2 Å². The third-order valence-electron chi connectivity index (χ3n) is 3.62. The van der Waals surface area contributed by atoms with Gasteiger partial charge in [0.05, 0.1) is 10.0 Å². The highest BCUT2D eigenvalue weighted by atomic mass is 35.5. The first-order valence-electron chi connectivity index (χ1n) is 6.83. The van der Waals surface area contributed by atoms with Crippen LogP contribution in [0.2, 0.25) is 10.0 Å². The molecule has 7 heteroatoms. The Balaban J connectivity index is 2.18. The van der Waals surface area contributed by atoms with E-state index in [0.717, 1.165) is 31.7 Å². The Morgan fingerprint density at radius 1 is 1.14 bits per heavy atom. The molecule has 21 heavy (non-hydrogen) atoms. The number of rotatable bonds is 4. The van der Waals surface area contributed by atoms with Gasteiger partial charge in [-0.05, 0) is 24.1 Å². The van der Waals surface area contributed by atoms with Crippen LogP contribution in [0, 0.1) is 0 Å². The Bertz CT molecular complexity index is 474. The Morgan fingerprint density at radius 2 is 1.81 bits per heavy atom. The first kappa shape index (κ1) is 16.9. The van der Waals surface area contributed by atoms with Crippen LogP contribution in [0.5, 0.6) is 0 Å². The number of hydrogen-bond donors (Lipinski definition) is 1. The Labute approximate surface area is 132 Å². The average Bonchev–Trinajstić information content (AvgIpc) is 2.43. The van der Waals surface area contributed by atoms with Crippen LogP contribution >= 0.6 is 23.2 Å². The molecular weight excluding hydrogens is 324 g/mol. The smallest absolute Gasteiger partial charge is 0.314 e. The topological polar surface area (TPSA) is 15.3 Å². The highest BCUT2D eigenvalue weighted by molar-refractivity contribution is 6.42. The number of nitrogens with zero attached hydrogens (tertiary/aromatic N) is 1. The van der Waals surface area contributed by atoms with E-state index >= 15 is 0 Å². The van der Waals surface area contributed by atoms with Crippen molar-refractivity contribution >= 4 is 23.2 Å². The quantitative estimate of drug-likeness (QED) is 0.879. The molecule has 1 aromatic carbocycles. The van der Waals surface area contributed by atoms with Crippen LogP contribution in [-0.4, -0.2) is 37.3 Å². The van der Waals surface area contributed by atoms with Crippen molar-refractivity contribution in [1.82, 2.24) is 10.2 Å². The van der Waals surface area contributed by atoms with Crippen molar-refractivity contribution in [3.63, 3.8) is 0 Å². The summed E-state index contributed by atoms with van der Waals surface area (Å²) in [6.45, 7) is 3.01. The molecule has 1 aromatic rings. The maximum Gasteiger partial charge on any atom is 0.389 e. The second-order valence-electron chi connectivity index (χ2n) is 5.13. The van der Waals surface area contributed by atoms with Gasteiger partial charge >= 0.3 is 6.18 Å². The summed E-state index contributed by atoms with van der Waals surface area (Å²) >= 11 is 11.9. The van der Waals surface area contributed by atoms with Crippen LogP contribution in [0.25, 0.3) is 0 Å². The molecule has 0 unspecified atom stereocenters. The molecule has 0 radical (unpaired) electrons. The highest BCUT2D eigenvalue weighted by Crippen LogP contribution is 2.34. The summed E-state index contributed by atoms with van der Waals surface area (Å²) in [6.07, 6.45) is -4.92. The predicted molar refractivity (Wildman–Crippen MR) is 78.9 cm³/mol. The van der Waals surface area contributed by atoms with Crippen molar-refractivity contribution in [3.8, 4) is 0 Å². The van der Waals surface area contributed by atoms with Gasteiger partial charge < -0.3 is 5.32 Å². The monoisotopic (exact) mass is 340 g/mol. The third-order valence-corrected chi connectivity index (χ3v) is 4.36. The molecule has 1 heterocycles. The Hall–Kier alpha value is -0.490. The van der Waals surface area contributed by atoms with E-state index in [2.05, 4.69) is 10.2 Å². The SMILES string of the molecule is FC(F)(F)CC[C@@H](c1ccc(Cl)c(Cl)c1)N1CCNCC1. The van der Waals surface area contributed by atoms with Crippen molar-refractivity contribution < 1.29 is 13.2 Å². The Kier molecular flexibility index (Phi) is 5.77. The van der Waals surface area contributed by atoms with E-state index in [9.17, 15) is 13.2 Å². The van der Waals surface area contributed by atoms with Gasteiger partial charge in [0.15, 0.2) is 0 Å². The number of nitrogens with one attached hydrogen (secondary N) is 1. The minimum Gasteiger partial charge on any atom is -0.314 e. The third kappa shape index (κ3) is 5.02. The second-order valence-corrected chi connectivity index (χ2v) is 5.94. The summed E-state index contributed by atoms with van der Waals surface area (Å²) in [5.41, 5.74) is 0.788. The summed E-state index contributed by atoms with van der Waals surface area (Å²) in [4.78, 5) is 2.07. The van der Waals surface area contributed by atoms with Gasteiger partial charge in [-0.25, -0.2) is 0 Å². The molecule has 1 atom stereocenters. The van der Waals surface area contributed by atoms with E-state index in [1.165, 1.54) is 0 Å². The Morgan fingerprint density at radius 3 is 2.38 bits per heavy atom. The zero-order valence-corrected chi connectivity index (χ0v) is 12.9. The van der Waals surface area contributed by atoms with Crippen molar-refractivity contribution in [2.75, 3.05) is 26.2 Å². The fraction of sp³-hybridized carbons (Fsp3) is 0.571. The lowest BCUT2D eigenvalue weighted by atomic mass is 9.99. The molecule has 0 bridgehead atoms. The molecule has 1 aliphatic rings. The van der Waals surface area contributed by atoms with Gasteiger partial charge in [0.1, 0.15) is 0 Å². The molecule has 0 aromatic heterocycles. The molecule has 0 spiro atoms. The van der Waals surface area contributed by atoms with E-state index < -0.39 is 12.6 Å². The lowest BCUT2D eigenvalue weighted by Crippen LogP contribution is -2.45. The van der Waals surface area contributed by atoms with Crippen molar-refractivity contribution in [1.29, 1.82) is 0 Å². The van der Waals surface area contributed by atoms with Crippen LogP contribution in [0.1, 0.15) is 24.4 Å². The summed E-state index contributed by atoms with van der Waals surface area (Å²) in [5.74, 6) is 0. The molecule has 0 amide bonds. The number of alkyl halides is 3. The zero-order chi connectivity index (χ0) is 15.5. The molecule has 2 rings (SSSR count). The van der Waals surface area contributed by atoms with Gasteiger partial charge in [0.2, 0.25) is 0 Å². The molecule has 1 fully saturated rings. The summed E-state index contributed by atoms with van der Waals surface area (Å²) in [5, 5.41) is 3.99. The molecule has 118 valence electrons. The molecule has 0 saturated carbocycles. The number of halogens is 5. The lowest BCUT2D eigenvalue weighted by Gasteiger charge is -2.35. The second kappa shape index (κ2) is 7.18. The fourth-order valence-corrected chi connectivity index (χ4v) is 2.88. The van der Waals surface area contributed by atoms with Gasteiger partial charge in [0, 0.05) is 38.6 Å². The van der Waals surface area contributed by atoms with Gasteiger partial charge in [-0.2, -0.15) is 13.2 Å². The van der Waals surface area contributed by atoms with E-state index in [-0.39, 0.29) is 12.5 Å². The van der Waals surface area contributed by atoms with Crippen molar-refractivity contribution in [2.45, 2.75) is 25.1 Å². The van der Waals surface area contributed by atoms with Gasteiger partial charge in [0.25, 0.3) is 0 Å². The van der Waals surface area contributed by atoms with Gasteiger partial charge in [-0.15, -0.1) is 0 Å². The normalized spacial score (nSPS) is 18.7. The molecule has 1 N–H and O–H groups in total. The number of benzene rings is 1. The van der Waals surface area contributed by atoms with Crippen LogP contribution in [0.15, 0.2) is 18.2 Å². The summed E-state index contributed by atoms with van der Waals surface area (Å²) in [6, 6.07) is 4.79. The minimum atomic E-state index is -4.15. The van der Waals surface area contributed by atoms with Crippen LogP contribution < -0.4 is 5.32 Å². The standard InChI is InChI=1S/C14H17Cl2F3N2/c15-11-2-1-10(9-12(11)16)13(3-4-14(17,18)19)21-7-5-20-6-8-21/h1-2,9,13,20H,3-8H2/t13-/m0/s1. The predicted octanol–water partition coefficient (Wildman–Crippen LogP) is 4.28. The van der Waals surface area contributed by atoms with E-state index in [0.29, 0.717) is 10.0 Å². The molecule has 0 aliphatic carbocycles. The first-order chi connectivity index (χ1) is 9.87. The average molecular weight is 341 g/mol. The highest BCUT2D eigenvalue weighted by Gasteiger charge is 2.31. The maximum absolute atomic E-state index is 12.6. The summed E-state index contributed by atoms with van der Waals surface area (Å²) < 4.78 is 37.7. The van der Waals surface area contributed by atoms with Crippen LogP contribution in [-0.2, 0) is 0 Å². The van der Waals surface area contributed by atoms with Crippen molar-refractivity contribution in [3.05, 3.63) is 33.8 Å². The first-order valence-corrected chi connectivity index (χ1v) is 7.59. The van der Waals surface area contributed by atoms with E-state index in [1.54, 1.807) is 18.2 Å².